The van der Waals surface area contributed by atoms with Gasteiger partial charge in [-0.25, -0.2) is 4.98 Å². The van der Waals surface area contributed by atoms with Gasteiger partial charge in [-0.3, -0.25) is 9.48 Å². The summed E-state index contributed by atoms with van der Waals surface area (Å²) in [5.74, 6) is -0.223. The van der Waals surface area contributed by atoms with E-state index in [1.165, 1.54) is 0 Å². The summed E-state index contributed by atoms with van der Waals surface area (Å²) >= 11 is 0. The fourth-order valence-electron chi connectivity index (χ4n) is 3.16. The molecule has 1 aliphatic heterocycles. The van der Waals surface area contributed by atoms with Crippen molar-refractivity contribution in [3.8, 4) is 0 Å². The molecule has 0 bridgehead atoms. The average molecular weight is 420 g/mol. The Labute approximate surface area is 174 Å². The number of carbonyl (C=O) groups excluding carboxylic acids is 1. The lowest BCUT2D eigenvalue weighted by atomic mass is 9.49. The number of halogens is 3. The molecule has 1 saturated heterocycles. The van der Waals surface area contributed by atoms with E-state index in [1.807, 2.05) is 23.5 Å². The molecule has 1 atom stereocenters. The van der Waals surface area contributed by atoms with Crippen LogP contribution >= 0.6 is 0 Å². The van der Waals surface area contributed by atoms with Crippen molar-refractivity contribution in [2.75, 3.05) is 23.8 Å². The SMILES string of the molecule is BC(B)(B)n1nc([C@@]2(C)CCOC2=O)cc1Nc1ncc(C(F)(F)F)c(NCC)n1. The number of nitrogens with one attached hydrogen (secondary N) is 2. The number of esters is 1. The summed E-state index contributed by atoms with van der Waals surface area (Å²) < 4.78 is 46.4. The van der Waals surface area contributed by atoms with Crippen LogP contribution in [0.25, 0.3) is 0 Å². The van der Waals surface area contributed by atoms with Crippen LogP contribution in [0, 0.1) is 0 Å². The molecule has 1 aliphatic rings. The summed E-state index contributed by atoms with van der Waals surface area (Å²) in [4.78, 5) is 20.1. The number of ether oxygens (including phenoxy) is 1. The van der Waals surface area contributed by atoms with Crippen LogP contribution in [0.3, 0.4) is 0 Å². The molecule has 2 aromatic rings. The maximum Gasteiger partial charge on any atom is 0.421 e. The Bertz CT molecular complexity index is 963. The molecule has 14 heteroatoms. The Balaban J connectivity index is 2.02. The van der Waals surface area contributed by atoms with Gasteiger partial charge in [0, 0.05) is 25.2 Å². The third kappa shape index (κ3) is 4.12. The third-order valence-electron chi connectivity index (χ3n) is 4.87. The largest absolute Gasteiger partial charge is 0.465 e. The standard InChI is InChI=1S/C16H22B3F3N6O2/c1-3-23-11-8(15(20,21)22)7-24-13(26-11)25-10-6-9(27-28(10)16(17,18)19)14(2)4-5-30-12(14)29/h6-7H,3-5,17-19H2,1-2H3,(H2,23,24,25,26)/t14-/m1/s1. The number of nitrogens with zero attached hydrogens (tertiary/aromatic N) is 4. The smallest absolute Gasteiger partial charge is 0.421 e. The van der Waals surface area contributed by atoms with Gasteiger partial charge in [-0.2, -0.15) is 23.3 Å². The van der Waals surface area contributed by atoms with Gasteiger partial charge in [0.2, 0.25) is 5.95 Å². The second kappa shape index (κ2) is 7.55. The van der Waals surface area contributed by atoms with Gasteiger partial charge in [0.15, 0.2) is 0 Å². The first-order valence-electron chi connectivity index (χ1n) is 9.59. The number of aromatic nitrogens is 4. The lowest BCUT2D eigenvalue weighted by molar-refractivity contribution is -0.142. The summed E-state index contributed by atoms with van der Waals surface area (Å²) in [6.07, 6.45) is -3.34. The molecule has 0 spiro atoms. The zero-order chi connectivity index (χ0) is 22.3. The molecule has 0 aromatic carbocycles. The molecule has 0 amide bonds. The fourth-order valence-corrected chi connectivity index (χ4v) is 3.16. The highest BCUT2D eigenvalue weighted by molar-refractivity contribution is 6.56. The Morgan fingerprint density at radius 2 is 2.03 bits per heavy atom. The van der Waals surface area contributed by atoms with E-state index in [4.69, 9.17) is 4.74 Å². The molecule has 0 radical (unpaired) electrons. The van der Waals surface area contributed by atoms with Gasteiger partial charge in [-0.05, 0) is 19.1 Å². The maximum absolute atomic E-state index is 13.2. The zero-order valence-electron chi connectivity index (χ0n) is 17.5. The van der Waals surface area contributed by atoms with Crippen LogP contribution in [-0.2, 0) is 26.4 Å². The molecule has 30 heavy (non-hydrogen) atoms. The number of rotatable bonds is 6. The minimum atomic E-state index is -4.58. The van der Waals surface area contributed by atoms with E-state index in [9.17, 15) is 18.0 Å². The summed E-state index contributed by atoms with van der Waals surface area (Å²) in [6.45, 7) is 4.02. The number of hydrogen-bond donors (Lipinski definition) is 2. The third-order valence-corrected chi connectivity index (χ3v) is 4.87. The van der Waals surface area contributed by atoms with Crippen molar-refractivity contribution in [1.82, 2.24) is 19.7 Å². The highest BCUT2D eigenvalue weighted by Crippen LogP contribution is 2.36. The van der Waals surface area contributed by atoms with Gasteiger partial charge in [0.1, 0.15) is 46.2 Å². The maximum atomic E-state index is 13.2. The first-order valence-corrected chi connectivity index (χ1v) is 9.59. The Hall–Kier alpha value is -2.66. The van der Waals surface area contributed by atoms with E-state index in [0.717, 1.165) is 6.20 Å². The molecule has 158 valence electrons. The predicted molar refractivity (Wildman–Crippen MR) is 113 cm³/mol. The fraction of sp³-hybridized carbons (Fsp3) is 0.500. The molecule has 3 heterocycles. The first kappa shape index (κ1) is 22.0. The van der Waals surface area contributed by atoms with Gasteiger partial charge in [0.05, 0.1) is 12.3 Å². The lowest BCUT2D eigenvalue weighted by Gasteiger charge is -2.23. The van der Waals surface area contributed by atoms with Crippen molar-refractivity contribution in [3.05, 3.63) is 23.5 Å². The van der Waals surface area contributed by atoms with Crippen LogP contribution in [0.2, 0.25) is 0 Å². The second-order valence-corrected chi connectivity index (χ2v) is 8.32. The summed E-state index contributed by atoms with van der Waals surface area (Å²) in [7, 11) is 5.76. The minimum Gasteiger partial charge on any atom is -0.465 e. The van der Waals surface area contributed by atoms with E-state index in [-0.39, 0.29) is 24.3 Å². The van der Waals surface area contributed by atoms with Crippen molar-refractivity contribution in [2.24, 2.45) is 0 Å². The topological polar surface area (TPSA) is 94.0 Å². The van der Waals surface area contributed by atoms with Crippen LogP contribution < -0.4 is 10.6 Å². The summed E-state index contributed by atoms with van der Waals surface area (Å²) in [6, 6.07) is 1.69. The molecule has 2 aromatic heterocycles. The molecular formula is C16H22B3F3N6O2. The van der Waals surface area contributed by atoms with E-state index in [2.05, 4.69) is 25.7 Å². The van der Waals surface area contributed by atoms with Crippen molar-refractivity contribution in [1.29, 1.82) is 0 Å². The van der Waals surface area contributed by atoms with Crippen LogP contribution in [0.15, 0.2) is 12.3 Å². The predicted octanol–water partition coefficient (Wildman–Crippen LogP) is -0.461. The molecular weight excluding hydrogens is 398 g/mol. The van der Waals surface area contributed by atoms with E-state index in [0.29, 0.717) is 24.5 Å². The molecule has 0 aliphatic carbocycles. The Morgan fingerprint density at radius 3 is 2.57 bits per heavy atom. The van der Waals surface area contributed by atoms with Crippen molar-refractivity contribution in [3.63, 3.8) is 0 Å². The summed E-state index contributed by atoms with van der Waals surface area (Å²) in [5.41, 5.74) is -1.31. The summed E-state index contributed by atoms with van der Waals surface area (Å²) in [5, 5.41) is 9.70. The van der Waals surface area contributed by atoms with Crippen molar-refractivity contribution < 1.29 is 22.7 Å². The van der Waals surface area contributed by atoms with Gasteiger partial charge >= 0.3 is 12.1 Å². The average Bonchev–Trinajstić information content (AvgIpc) is 3.19. The number of hydrogen-bond acceptors (Lipinski definition) is 7. The molecule has 0 saturated carbocycles. The lowest BCUT2D eigenvalue weighted by Crippen LogP contribution is -2.37. The molecule has 3 rings (SSSR count). The van der Waals surface area contributed by atoms with E-state index < -0.39 is 22.4 Å². The normalized spacial score (nSPS) is 19.6. The van der Waals surface area contributed by atoms with Gasteiger partial charge in [-0.1, -0.05) is 0 Å². The van der Waals surface area contributed by atoms with E-state index in [1.54, 1.807) is 24.6 Å². The van der Waals surface area contributed by atoms with Crippen LogP contribution in [-0.4, -0.2) is 62.4 Å². The Kier molecular flexibility index (Phi) is 5.55. The monoisotopic (exact) mass is 420 g/mol. The number of anilines is 3. The van der Waals surface area contributed by atoms with E-state index >= 15 is 0 Å². The molecule has 2 N–H and O–H groups in total. The Morgan fingerprint density at radius 1 is 1.33 bits per heavy atom. The van der Waals surface area contributed by atoms with Crippen LogP contribution in [0.1, 0.15) is 31.5 Å². The number of cyclic esters (lactones) is 1. The highest BCUT2D eigenvalue weighted by atomic mass is 19.4. The van der Waals surface area contributed by atoms with Crippen molar-refractivity contribution in [2.45, 2.75) is 37.1 Å². The minimum absolute atomic E-state index is 0.0185. The van der Waals surface area contributed by atoms with Crippen LogP contribution in [0.5, 0.6) is 0 Å². The van der Waals surface area contributed by atoms with Crippen molar-refractivity contribution >= 4 is 47.1 Å². The quantitative estimate of drug-likeness (QED) is 0.483. The second-order valence-electron chi connectivity index (χ2n) is 8.32. The molecule has 0 unspecified atom stereocenters. The number of alkyl halides is 3. The zero-order valence-corrected chi connectivity index (χ0v) is 17.5. The number of carbonyl (C=O) groups is 1. The van der Waals surface area contributed by atoms with Gasteiger partial charge in [-0.15, -0.1) is 0 Å². The van der Waals surface area contributed by atoms with Gasteiger partial charge in [0.25, 0.3) is 0 Å². The highest BCUT2D eigenvalue weighted by Gasteiger charge is 2.44. The first-order chi connectivity index (χ1) is 13.9. The molecule has 8 nitrogen and oxygen atoms in total. The van der Waals surface area contributed by atoms with Gasteiger partial charge < -0.3 is 15.4 Å². The molecule has 1 fully saturated rings. The van der Waals surface area contributed by atoms with Crippen LogP contribution in [0.4, 0.5) is 30.8 Å².